The maximum absolute atomic E-state index is 12.6. The molecule has 3 rings (SSSR count). The second-order valence-electron chi connectivity index (χ2n) is 7.70. The Morgan fingerprint density at radius 3 is 2.60 bits per heavy atom. The zero-order valence-corrected chi connectivity index (χ0v) is 21.8. The van der Waals surface area contributed by atoms with Gasteiger partial charge >= 0.3 is 5.97 Å². The van der Waals surface area contributed by atoms with Crippen LogP contribution in [0.1, 0.15) is 49.5 Å². The maximum Gasteiger partial charge on any atom is 0.341 e. The smallest absolute Gasteiger partial charge is 0.341 e. The van der Waals surface area contributed by atoms with Crippen molar-refractivity contribution in [2.24, 2.45) is 12.8 Å². The van der Waals surface area contributed by atoms with Crippen LogP contribution >= 0.6 is 23.1 Å². The predicted molar refractivity (Wildman–Crippen MR) is 134 cm³/mol. The van der Waals surface area contributed by atoms with Crippen LogP contribution < -0.4 is 15.8 Å². The molecule has 0 aliphatic carbocycles. The fraction of sp³-hybridized carbons (Fsp3) is 0.348. The summed E-state index contributed by atoms with van der Waals surface area (Å²) in [6, 6.07) is 5.94. The zero-order valence-electron chi connectivity index (χ0n) is 20.1. The van der Waals surface area contributed by atoms with Gasteiger partial charge in [0.2, 0.25) is 5.91 Å². The Kier molecular flexibility index (Phi) is 8.52. The highest BCUT2D eigenvalue weighted by Crippen LogP contribution is 2.33. The van der Waals surface area contributed by atoms with Crippen LogP contribution in [0, 0.1) is 20.8 Å². The third-order valence-corrected chi connectivity index (χ3v) is 7.29. The first-order valence-corrected chi connectivity index (χ1v) is 12.5. The quantitative estimate of drug-likeness (QED) is 0.308. The van der Waals surface area contributed by atoms with E-state index in [-0.39, 0.29) is 40.3 Å². The molecule has 35 heavy (non-hydrogen) atoms. The predicted octanol–water partition coefficient (Wildman–Crippen LogP) is 3.39. The van der Waals surface area contributed by atoms with Gasteiger partial charge in [0.25, 0.3) is 5.91 Å². The number of ether oxygens (including phenoxy) is 2. The Morgan fingerprint density at radius 1 is 1.20 bits per heavy atom. The fourth-order valence-electron chi connectivity index (χ4n) is 3.28. The second-order valence-corrected chi connectivity index (χ2v) is 9.66. The summed E-state index contributed by atoms with van der Waals surface area (Å²) >= 11 is 2.13. The summed E-state index contributed by atoms with van der Waals surface area (Å²) in [5.41, 5.74) is 8.11. The van der Waals surface area contributed by atoms with Crippen LogP contribution in [0.3, 0.4) is 0 Å². The molecule has 0 radical (unpaired) electrons. The molecule has 186 valence electrons. The average molecular weight is 518 g/mol. The van der Waals surface area contributed by atoms with E-state index in [1.807, 2.05) is 32.0 Å². The Hall–Kier alpha value is -3.38. The minimum Gasteiger partial charge on any atom is -0.485 e. The lowest BCUT2D eigenvalue weighted by Gasteiger charge is -2.10. The highest BCUT2D eigenvalue weighted by Gasteiger charge is 2.26. The van der Waals surface area contributed by atoms with Crippen LogP contribution in [0.2, 0.25) is 0 Å². The summed E-state index contributed by atoms with van der Waals surface area (Å²) in [6.45, 7) is 7.65. The number of anilines is 1. The van der Waals surface area contributed by atoms with E-state index >= 15 is 0 Å². The van der Waals surface area contributed by atoms with E-state index in [1.165, 1.54) is 11.8 Å². The van der Waals surface area contributed by atoms with Crippen LogP contribution in [-0.2, 0) is 23.2 Å². The number of thioether (sulfide) groups is 1. The molecule has 2 heterocycles. The molecule has 0 unspecified atom stereocenters. The second kappa shape index (κ2) is 11.4. The number of esters is 1. The number of aryl methyl sites for hydroxylation is 2. The average Bonchev–Trinajstić information content (AvgIpc) is 3.31. The van der Waals surface area contributed by atoms with Crippen molar-refractivity contribution in [3.8, 4) is 5.75 Å². The molecule has 0 aliphatic heterocycles. The molecule has 0 aliphatic rings. The number of nitrogens with one attached hydrogen (secondary N) is 1. The molecule has 12 heteroatoms. The van der Waals surface area contributed by atoms with Crippen molar-refractivity contribution in [2.45, 2.75) is 39.5 Å². The summed E-state index contributed by atoms with van der Waals surface area (Å²) in [5, 5.41) is 11.7. The third-order valence-electron chi connectivity index (χ3n) is 5.05. The molecule has 10 nitrogen and oxygen atoms in total. The lowest BCUT2D eigenvalue weighted by atomic mass is 10.1. The molecular formula is C23H27N5O5S2. The first-order chi connectivity index (χ1) is 16.6. The van der Waals surface area contributed by atoms with Gasteiger partial charge < -0.3 is 25.1 Å². The number of hydrogen-bond donors (Lipinski definition) is 2. The molecule has 2 aromatic heterocycles. The van der Waals surface area contributed by atoms with Crippen molar-refractivity contribution < 1.29 is 23.9 Å². The van der Waals surface area contributed by atoms with E-state index in [4.69, 9.17) is 15.2 Å². The van der Waals surface area contributed by atoms with Crippen molar-refractivity contribution in [3.05, 3.63) is 51.2 Å². The topological polar surface area (TPSA) is 138 Å². The summed E-state index contributed by atoms with van der Waals surface area (Å²) < 4.78 is 12.7. The molecule has 1 aromatic carbocycles. The van der Waals surface area contributed by atoms with Crippen molar-refractivity contribution >= 4 is 45.9 Å². The number of nitrogens with two attached hydrogens (primary N) is 1. The van der Waals surface area contributed by atoms with Gasteiger partial charge in [0.1, 0.15) is 17.4 Å². The summed E-state index contributed by atoms with van der Waals surface area (Å²) in [5.74, 6) is -0.298. The molecule has 0 saturated carbocycles. The largest absolute Gasteiger partial charge is 0.485 e. The van der Waals surface area contributed by atoms with Crippen molar-refractivity contribution in [1.82, 2.24) is 14.8 Å². The lowest BCUT2D eigenvalue weighted by molar-refractivity contribution is -0.113. The molecule has 3 aromatic rings. The van der Waals surface area contributed by atoms with Crippen LogP contribution in [0.4, 0.5) is 5.00 Å². The van der Waals surface area contributed by atoms with Gasteiger partial charge in [0.05, 0.1) is 22.8 Å². The fourth-order valence-corrected chi connectivity index (χ4v) is 5.07. The van der Waals surface area contributed by atoms with Crippen molar-refractivity contribution in [2.75, 3.05) is 17.7 Å². The minimum absolute atomic E-state index is 0.00895. The zero-order chi connectivity index (χ0) is 25.7. The number of hydrogen-bond acceptors (Lipinski definition) is 9. The Bertz CT molecular complexity index is 1270. The summed E-state index contributed by atoms with van der Waals surface area (Å²) in [7, 11) is 1.79. The number of rotatable bonds is 10. The van der Waals surface area contributed by atoms with Gasteiger partial charge in [-0.1, -0.05) is 29.5 Å². The molecule has 2 amide bonds. The van der Waals surface area contributed by atoms with Gasteiger partial charge in [-0.3, -0.25) is 9.59 Å². The van der Waals surface area contributed by atoms with E-state index in [0.29, 0.717) is 16.5 Å². The Morgan fingerprint density at radius 2 is 1.94 bits per heavy atom. The number of amides is 2. The highest BCUT2D eigenvalue weighted by molar-refractivity contribution is 7.99. The number of thiophene rings is 1. The van der Waals surface area contributed by atoms with Crippen LogP contribution in [0.15, 0.2) is 23.4 Å². The summed E-state index contributed by atoms with van der Waals surface area (Å²) in [4.78, 5) is 36.9. The van der Waals surface area contributed by atoms with Gasteiger partial charge in [-0.05, 0) is 44.9 Å². The third kappa shape index (κ3) is 6.20. The van der Waals surface area contributed by atoms with E-state index in [1.54, 1.807) is 25.5 Å². The number of carbonyl (C=O) groups is 3. The van der Waals surface area contributed by atoms with E-state index in [0.717, 1.165) is 28.2 Å². The normalized spacial score (nSPS) is 10.8. The van der Waals surface area contributed by atoms with Crippen LogP contribution in [0.25, 0.3) is 0 Å². The standard InChI is InChI=1S/C23H27N5O5S2/c1-6-32-22(31)18-14(4)19(20(24)30)35-21(18)25-17(29)11-34-23-27-26-16(28(23)5)10-33-15-8-7-12(2)9-13(15)3/h7-9H,6,10-11H2,1-5H3,(H2,24,30)(H,25,29). The molecule has 0 spiro atoms. The van der Waals surface area contributed by atoms with E-state index < -0.39 is 11.9 Å². The number of primary amides is 1. The lowest BCUT2D eigenvalue weighted by Crippen LogP contribution is -2.17. The van der Waals surface area contributed by atoms with Gasteiger partial charge in [-0.15, -0.1) is 21.5 Å². The molecule has 0 bridgehead atoms. The van der Waals surface area contributed by atoms with Gasteiger partial charge in [0.15, 0.2) is 11.0 Å². The SMILES string of the molecule is CCOC(=O)c1c(NC(=O)CSc2nnc(COc3ccc(C)cc3C)n2C)sc(C(N)=O)c1C. The number of carbonyl (C=O) groups excluding carboxylic acids is 3. The molecule has 0 atom stereocenters. The summed E-state index contributed by atoms with van der Waals surface area (Å²) in [6.07, 6.45) is 0. The maximum atomic E-state index is 12.6. The number of benzene rings is 1. The van der Waals surface area contributed by atoms with E-state index in [2.05, 4.69) is 15.5 Å². The molecule has 0 saturated heterocycles. The van der Waals surface area contributed by atoms with Gasteiger partial charge in [0, 0.05) is 7.05 Å². The molecular weight excluding hydrogens is 490 g/mol. The van der Waals surface area contributed by atoms with E-state index in [9.17, 15) is 14.4 Å². The molecule has 0 fully saturated rings. The Labute approximate surface area is 211 Å². The minimum atomic E-state index is -0.678. The van der Waals surface area contributed by atoms with Gasteiger partial charge in [-0.25, -0.2) is 4.79 Å². The Balaban J connectivity index is 1.64. The van der Waals surface area contributed by atoms with Crippen LogP contribution in [-0.4, -0.2) is 44.9 Å². The number of nitrogens with zero attached hydrogens (tertiary/aromatic N) is 3. The first-order valence-electron chi connectivity index (χ1n) is 10.7. The van der Waals surface area contributed by atoms with Gasteiger partial charge in [-0.2, -0.15) is 0 Å². The van der Waals surface area contributed by atoms with Crippen molar-refractivity contribution in [1.29, 1.82) is 0 Å². The van der Waals surface area contributed by atoms with Crippen LogP contribution in [0.5, 0.6) is 5.75 Å². The number of aromatic nitrogens is 3. The monoisotopic (exact) mass is 517 g/mol. The molecule has 3 N–H and O–H groups in total. The van der Waals surface area contributed by atoms with Crippen molar-refractivity contribution in [3.63, 3.8) is 0 Å². The first kappa shape index (κ1) is 26.2. The highest BCUT2D eigenvalue weighted by atomic mass is 32.2.